The normalized spacial score (nSPS) is 23.9. The summed E-state index contributed by atoms with van der Waals surface area (Å²) in [5.41, 5.74) is 0. The lowest BCUT2D eigenvalue weighted by atomic mass is 9.99. The summed E-state index contributed by atoms with van der Waals surface area (Å²) in [5, 5.41) is 12.4. The van der Waals surface area contributed by atoms with Crippen LogP contribution in [0.4, 0.5) is 4.79 Å². The quantitative estimate of drug-likeness (QED) is 0.866. The van der Waals surface area contributed by atoms with Crippen molar-refractivity contribution in [3.05, 3.63) is 24.2 Å². The van der Waals surface area contributed by atoms with Gasteiger partial charge in [0, 0.05) is 26.2 Å². The van der Waals surface area contributed by atoms with Gasteiger partial charge in [-0.25, -0.2) is 4.79 Å². The first-order valence-corrected chi connectivity index (χ1v) is 9.19. The minimum atomic E-state index is -0.0262. The predicted molar refractivity (Wildman–Crippen MR) is 91.7 cm³/mol. The van der Waals surface area contributed by atoms with Gasteiger partial charge in [0.05, 0.1) is 12.3 Å². The van der Waals surface area contributed by atoms with Gasteiger partial charge in [-0.05, 0) is 56.8 Å². The van der Waals surface area contributed by atoms with Gasteiger partial charge in [0.25, 0.3) is 0 Å². The molecule has 2 aliphatic heterocycles. The molecule has 2 atom stereocenters. The summed E-state index contributed by atoms with van der Waals surface area (Å²) < 4.78 is 5.62. The van der Waals surface area contributed by atoms with E-state index in [0.717, 1.165) is 38.2 Å². The van der Waals surface area contributed by atoms with Crippen molar-refractivity contribution in [2.24, 2.45) is 5.92 Å². The molecule has 1 aromatic heterocycles. The third-order valence-electron chi connectivity index (χ3n) is 5.21. The van der Waals surface area contributed by atoms with Crippen LogP contribution in [0.1, 0.15) is 43.9 Å². The number of aliphatic hydroxyl groups is 1. The highest BCUT2D eigenvalue weighted by molar-refractivity contribution is 5.74. The number of furan rings is 1. The Labute approximate surface area is 143 Å². The van der Waals surface area contributed by atoms with Crippen LogP contribution in [0, 0.1) is 5.92 Å². The number of amides is 2. The van der Waals surface area contributed by atoms with E-state index < -0.39 is 0 Å². The molecule has 0 aliphatic carbocycles. The molecule has 24 heavy (non-hydrogen) atoms. The average Bonchev–Trinajstić information content (AvgIpc) is 3.17. The van der Waals surface area contributed by atoms with E-state index in [4.69, 9.17) is 4.42 Å². The maximum atomic E-state index is 12.5. The van der Waals surface area contributed by atoms with Crippen molar-refractivity contribution in [1.29, 1.82) is 0 Å². The fourth-order valence-corrected chi connectivity index (χ4v) is 3.81. The molecule has 1 aromatic rings. The van der Waals surface area contributed by atoms with E-state index in [9.17, 15) is 9.90 Å². The van der Waals surface area contributed by atoms with Crippen molar-refractivity contribution >= 4 is 6.03 Å². The molecule has 0 aromatic carbocycles. The second-order valence-electron chi connectivity index (χ2n) is 6.95. The molecule has 3 rings (SSSR count). The van der Waals surface area contributed by atoms with Gasteiger partial charge < -0.3 is 19.7 Å². The van der Waals surface area contributed by atoms with Crippen molar-refractivity contribution in [1.82, 2.24) is 15.1 Å². The molecule has 2 unspecified atom stereocenters. The Morgan fingerprint density at radius 2 is 2.12 bits per heavy atom. The maximum Gasteiger partial charge on any atom is 0.317 e. The van der Waals surface area contributed by atoms with Gasteiger partial charge in [0.15, 0.2) is 0 Å². The molecule has 0 bridgehead atoms. The molecular weight excluding hydrogens is 306 g/mol. The van der Waals surface area contributed by atoms with Crippen LogP contribution in [0.25, 0.3) is 0 Å². The second-order valence-corrected chi connectivity index (χ2v) is 6.95. The van der Waals surface area contributed by atoms with Gasteiger partial charge in [-0.1, -0.05) is 6.42 Å². The Morgan fingerprint density at radius 1 is 1.29 bits per heavy atom. The molecule has 0 saturated carbocycles. The monoisotopic (exact) mass is 335 g/mol. The Morgan fingerprint density at radius 3 is 2.83 bits per heavy atom. The molecule has 2 N–H and O–H groups in total. The Kier molecular flexibility index (Phi) is 6.15. The number of carbonyl (C=O) groups is 1. The predicted octanol–water partition coefficient (Wildman–Crippen LogP) is 2.22. The lowest BCUT2D eigenvalue weighted by Crippen LogP contribution is -2.48. The number of nitrogens with one attached hydrogen (secondary N) is 1. The smallest absolute Gasteiger partial charge is 0.317 e. The number of piperidine rings is 2. The zero-order valence-corrected chi connectivity index (χ0v) is 14.3. The lowest BCUT2D eigenvalue weighted by Gasteiger charge is -2.35. The van der Waals surface area contributed by atoms with E-state index in [-0.39, 0.29) is 24.6 Å². The van der Waals surface area contributed by atoms with E-state index in [1.807, 2.05) is 17.0 Å². The number of likely N-dealkylation sites (tertiary alicyclic amines) is 2. The summed E-state index contributed by atoms with van der Waals surface area (Å²) in [7, 11) is 0. The van der Waals surface area contributed by atoms with E-state index in [1.54, 1.807) is 6.26 Å². The Hall–Kier alpha value is -1.53. The van der Waals surface area contributed by atoms with Crippen molar-refractivity contribution < 1.29 is 14.3 Å². The van der Waals surface area contributed by atoms with Gasteiger partial charge in [0.1, 0.15) is 5.76 Å². The number of rotatable bonds is 5. The van der Waals surface area contributed by atoms with Crippen molar-refractivity contribution in [2.45, 2.75) is 38.1 Å². The number of aliphatic hydroxyl groups excluding tert-OH is 1. The van der Waals surface area contributed by atoms with Gasteiger partial charge in [-0.15, -0.1) is 0 Å². The van der Waals surface area contributed by atoms with Crippen LogP contribution in [0.2, 0.25) is 0 Å². The first-order valence-electron chi connectivity index (χ1n) is 9.19. The SMILES string of the molecule is O=C(NCC(c1ccco1)N1CCCCC1)N1CCCC(CO)C1. The Balaban J connectivity index is 1.57. The molecule has 6 heteroatoms. The molecule has 2 fully saturated rings. The van der Waals surface area contributed by atoms with Crippen LogP contribution in [0.15, 0.2) is 22.8 Å². The first-order chi connectivity index (χ1) is 11.8. The fourth-order valence-electron chi connectivity index (χ4n) is 3.81. The molecule has 3 heterocycles. The van der Waals surface area contributed by atoms with Crippen LogP contribution in [-0.2, 0) is 0 Å². The van der Waals surface area contributed by atoms with E-state index in [2.05, 4.69) is 10.2 Å². The van der Waals surface area contributed by atoms with Crippen molar-refractivity contribution in [3.8, 4) is 0 Å². The molecule has 2 amide bonds. The van der Waals surface area contributed by atoms with Gasteiger partial charge >= 0.3 is 6.03 Å². The van der Waals surface area contributed by atoms with Crippen LogP contribution in [0.5, 0.6) is 0 Å². The summed E-state index contributed by atoms with van der Waals surface area (Å²) in [4.78, 5) is 16.7. The fraction of sp³-hybridized carbons (Fsp3) is 0.722. The molecule has 2 saturated heterocycles. The molecular formula is C18H29N3O3. The largest absolute Gasteiger partial charge is 0.468 e. The maximum absolute atomic E-state index is 12.5. The second kappa shape index (κ2) is 8.53. The Bertz CT molecular complexity index is 500. The zero-order chi connectivity index (χ0) is 16.8. The standard InChI is InChI=1S/C18H29N3O3/c22-14-15-6-4-10-21(13-15)18(23)19-12-16(17-7-5-11-24-17)20-8-2-1-3-9-20/h5,7,11,15-16,22H,1-4,6,8-10,12-14H2,(H,19,23). The molecule has 134 valence electrons. The molecule has 0 spiro atoms. The highest BCUT2D eigenvalue weighted by Crippen LogP contribution is 2.24. The number of urea groups is 1. The summed E-state index contributed by atoms with van der Waals surface area (Å²) >= 11 is 0. The summed E-state index contributed by atoms with van der Waals surface area (Å²) in [6.07, 6.45) is 7.36. The topological polar surface area (TPSA) is 69.0 Å². The van der Waals surface area contributed by atoms with Crippen LogP contribution >= 0.6 is 0 Å². The zero-order valence-electron chi connectivity index (χ0n) is 14.3. The summed E-state index contributed by atoms with van der Waals surface area (Å²) in [6, 6.07) is 3.97. The summed E-state index contributed by atoms with van der Waals surface area (Å²) in [6.45, 7) is 4.25. The van der Waals surface area contributed by atoms with Gasteiger partial charge in [-0.2, -0.15) is 0 Å². The van der Waals surface area contributed by atoms with Crippen LogP contribution in [0.3, 0.4) is 0 Å². The third kappa shape index (κ3) is 4.30. The average molecular weight is 335 g/mol. The van der Waals surface area contributed by atoms with Crippen LogP contribution < -0.4 is 5.32 Å². The van der Waals surface area contributed by atoms with E-state index in [1.165, 1.54) is 19.3 Å². The van der Waals surface area contributed by atoms with E-state index >= 15 is 0 Å². The van der Waals surface area contributed by atoms with Gasteiger partial charge in [-0.3, -0.25) is 4.90 Å². The lowest BCUT2D eigenvalue weighted by molar-refractivity contribution is 0.120. The number of carbonyl (C=O) groups excluding carboxylic acids is 1. The summed E-state index contributed by atoms with van der Waals surface area (Å²) in [5.74, 6) is 1.14. The van der Waals surface area contributed by atoms with Crippen LogP contribution in [-0.4, -0.2) is 60.3 Å². The first kappa shape index (κ1) is 17.3. The molecule has 2 aliphatic rings. The molecule has 0 radical (unpaired) electrons. The van der Waals surface area contributed by atoms with E-state index in [0.29, 0.717) is 13.1 Å². The molecule has 6 nitrogen and oxygen atoms in total. The van der Waals surface area contributed by atoms with Gasteiger partial charge in [0.2, 0.25) is 0 Å². The number of hydrogen-bond acceptors (Lipinski definition) is 4. The minimum absolute atomic E-state index is 0.0262. The number of hydrogen-bond donors (Lipinski definition) is 2. The van der Waals surface area contributed by atoms with Crippen molar-refractivity contribution in [2.75, 3.05) is 39.3 Å². The minimum Gasteiger partial charge on any atom is -0.468 e. The highest BCUT2D eigenvalue weighted by Gasteiger charge is 2.27. The van der Waals surface area contributed by atoms with Crippen molar-refractivity contribution in [3.63, 3.8) is 0 Å². The highest BCUT2D eigenvalue weighted by atomic mass is 16.3. The third-order valence-corrected chi connectivity index (χ3v) is 5.21. The number of nitrogens with zero attached hydrogens (tertiary/aromatic N) is 2.